The first kappa shape index (κ1) is 16.5. The Bertz CT molecular complexity index is 556. The highest BCUT2D eigenvalue weighted by molar-refractivity contribution is 7.98. The molecule has 7 heteroatoms. The van der Waals surface area contributed by atoms with E-state index in [0.29, 0.717) is 17.5 Å². The largest absolute Gasteiger partial charge is 0.480 e. The van der Waals surface area contributed by atoms with Crippen LogP contribution in [0.3, 0.4) is 0 Å². The van der Waals surface area contributed by atoms with Crippen molar-refractivity contribution in [2.45, 2.75) is 12.5 Å². The van der Waals surface area contributed by atoms with Gasteiger partial charge in [0.05, 0.1) is 11.1 Å². The number of aliphatic carboxylic acids is 1. The zero-order valence-electron chi connectivity index (χ0n) is 12.2. The van der Waals surface area contributed by atoms with Crippen molar-refractivity contribution in [3.63, 3.8) is 0 Å². The van der Waals surface area contributed by atoms with Crippen LogP contribution in [0.2, 0.25) is 0 Å². The van der Waals surface area contributed by atoms with E-state index in [2.05, 4.69) is 5.32 Å². The topological polar surface area (TPSA) is 86.7 Å². The number of nitrogens with zero attached hydrogens (tertiary/aromatic N) is 1. The summed E-state index contributed by atoms with van der Waals surface area (Å²) in [5.41, 5.74) is 0.814. The van der Waals surface area contributed by atoms with Gasteiger partial charge in [-0.05, 0) is 30.6 Å². The first-order valence-corrected chi connectivity index (χ1v) is 8.36. The predicted molar refractivity (Wildman–Crippen MR) is 84.2 cm³/mol. The minimum Gasteiger partial charge on any atom is -0.480 e. The number of benzene rings is 1. The second kappa shape index (κ2) is 7.42. The lowest BCUT2D eigenvalue weighted by atomic mass is 10.1. The van der Waals surface area contributed by atoms with E-state index >= 15 is 0 Å². The molecule has 0 aromatic heterocycles. The SMILES string of the molecule is CSCC[C@H](NCCN1C(=O)c2ccccc2C1=O)C(=O)O. The fraction of sp³-hybridized carbons (Fsp3) is 0.400. The highest BCUT2D eigenvalue weighted by Crippen LogP contribution is 2.21. The third-order valence-electron chi connectivity index (χ3n) is 3.51. The molecule has 1 aliphatic rings. The standard InChI is InChI=1S/C15H18N2O4S/c1-22-9-6-12(15(20)21)16-7-8-17-13(18)10-4-2-3-5-11(10)14(17)19/h2-5,12,16H,6-9H2,1H3,(H,20,21)/t12-/m0/s1. The molecule has 2 rings (SSSR count). The number of carboxylic acids is 1. The van der Waals surface area contributed by atoms with Crippen LogP contribution in [-0.4, -0.2) is 58.9 Å². The zero-order valence-corrected chi connectivity index (χ0v) is 13.1. The van der Waals surface area contributed by atoms with E-state index in [-0.39, 0.29) is 24.9 Å². The molecule has 0 fully saturated rings. The number of thioether (sulfide) groups is 1. The van der Waals surface area contributed by atoms with E-state index < -0.39 is 12.0 Å². The molecule has 0 saturated carbocycles. The maximum Gasteiger partial charge on any atom is 0.320 e. The molecule has 0 unspecified atom stereocenters. The van der Waals surface area contributed by atoms with Crippen molar-refractivity contribution in [3.05, 3.63) is 35.4 Å². The molecule has 0 spiro atoms. The number of imide groups is 1. The molecule has 1 aliphatic heterocycles. The van der Waals surface area contributed by atoms with Gasteiger partial charge in [0.1, 0.15) is 6.04 Å². The Morgan fingerprint density at radius 3 is 2.36 bits per heavy atom. The first-order chi connectivity index (χ1) is 10.6. The van der Waals surface area contributed by atoms with Gasteiger partial charge in [-0.25, -0.2) is 0 Å². The van der Waals surface area contributed by atoms with Gasteiger partial charge in [-0.2, -0.15) is 11.8 Å². The number of hydrogen-bond donors (Lipinski definition) is 2. The van der Waals surface area contributed by atoms with Gasteiger partial charge in [0.15, 0.2) is 0 Å². The van der Waals surface area contributed by atoms with Crippen LogP contribution in [0.25, 0.3) is 0 Å². The van der Waals surface area contributed by atoms with Crippen LogP contribution in [-0.2, 0) is 4.79 Å². The number of nitrogens with one attached hydrogen (secondary N) is 1. The van der Waals surface area contributed by atoms with Gasteiger partial charge in [-0.1, -0.05) is 12.1 Å². The van der Waals surface area contributed by atoms with Crippen LogP contribution >= 0.6 is 11.8 Å². The van der Waals surface area contributed by atoms with Crippen molar-refractivity contribution >= 4 is 29.5 Å². The van der Waals surface area contributed by atoms with Crippen LogP contribution in [0, 0.1) is 0 Å². The van der Waals surface area contributed by atoms with E-state index in [4.69, 9.17) is 5.11 Å². The number of carbonyl (C=O) groups excluding carboxylic acids is 2. The molecule has 0 saturated heterocycles. The summed E-state index contributed by atoms with van der Waals surface area (Å²) in [5.74, 6) is -0.829. The summed E-state index contributed by atoms with van der Waals surface area (Å²) >= 11 is 1.58. The highest BCUT2D eigenvalue weighted by atomic mass is 32.2. The summed E-state index contributed by atoms with van der Waals surface area (Å²) < 4.78 is 0. The molecule has 22 heavy (non-hydrogen) atoms. The average molecular weight is 322 g/mol. The fourth-order valence-corrected chi connectivity index (χ4v) is 2.81. The summed E-state index contributed by atoms with van der Waals surface area (Å²) in [6.45, 7) is 0.423. The van der Waals surface area contributed by atoms with Crippen molar-refractivity contribution in [3.8, 4) is 0 Å². The number of rotatable bonds is 8. The molecule has 0 bridgehead atoms. The second-order valence-electron chi connectivity index (χ2n) is 4.93. The molecule has 1 aromatic carbocycles. The average Bonchev–Trinajstić information content (AvgIpc) is 2.75. The summed E-state index contributed by atoms with van der Waals surface area (Å²) in [6.07, 6.45) is 2.41. The van der Waals surface area contributed by atoms with Gasteiger partial charge in [-0.3, -0.25) is 19.3 Å². The fourth-order valence-electron chi connectivity index (χ4n) is 2.34. The van der Waals surface area contributed by atoms with Crippen molar-refractivity contribution in [1.82, 2.24) is 10.2 Å². The Hall–Kier alpha value is -1.86. The van der Waals surface area contributed by atoms with Crippen molar-refractivity contribution in [2.24, 2.45) is 0 Å². The van der Waals surface area contributed by atoms with Gasteiger partial charge in [0, 0.05) is 13.1 Å². The van der Waals surface area contributed by atoms with E-state index in [1.807, 2.05) is 6.26 Å². The molecule has 0 radical (unpaired) electrons. The molecule has 1 heterocycles. The smallest absolute Gasteiger partial charge is 0.320 e. The molecule has 118 valence electrons. The number of carbonyl (C=O) groups is 3. The minimum atomic E-state index is -0.920. The van der Waals surface area contributed by atoms with Crippen LogP contribution in [0.4, 0.5) is 0 Å². The van der Waals surface area contributed by atoms with Crippen LogP contribution in [0.1, 0.15) is 27.1 Å². The Kier molecular flexibility index (Phi) is 5.57. The normalized spacial score (nSPS) is 15.0. The molecule has 1 atom stereocenters. The van der Waals surface area contributed by atoms with Gasteiger partial charge < -0.3 is 10.4 Å². The second-order valence-corrected chi connectivity index (χ2v) is 5.92. The number of fused-ring (bicyclic) bond motifs is 1. The van der Waals surface area contributed by atoms with Crippen molar-refractivity contribution in [1.29, 1.82) is 0 Å². The maximum absolute atomic E-state index is 12.1. The van der Waals surface area contributed by atoms with Crippen LogP contribution in [0.5, 0.6) is 0 Å². The third-order valence-corrected chi connectivity index (χ3v) is 4.16. The van der Waals surface area contributed by atoms with Crippen molar-refractivity contribution in [2.75, 3.05) is 25.1 Å². The number of hydrogen-bond acceptors (Lipinski definition) is 5. The quantitative estimate of drug-likeness (QED) is 0.697. The minimum absolute atomic E-state index is 0.162. The van der Waals surface area contributed by atoms with Gasteiger partial charge >= 0.3 is 5.97 Å². The summed E-state index contributed by atoms with van der Waals surface area (Å²) in [6, 6.07) is 6.02. The van der Waals surface area contributed by atoms with Gasteiger partial charge in [0.25, 0.3) is 11.8 Å². The van der Waals surface area contributed by atoms with E-state index in [0.717, 1.165) is 10.7 Å². The molecular weight excluding hydrogens is 304 g/mol. The first-order valence-electron chi connectivity index (χ1n) is 6.96. The Morgan fingerprint density at radius 2 is 1.86 bits per heavy atom. The molecule has 6 nitrogen and oxygen atoms in total. The van der Waals surface area contributed by atoms with E-state index in [1.165, 1.54) is 0 Å². The Morgan fingerprint density at radius 1 is 1.27 bits per heavy atom. The third kappa shape index (κ3) is 3.48. The zero-order chi connectivity index (χ0) is 16.1. The van der Waals surface area contributed by atoms with Gasteiger partial charge in [-0.15, -0.1) is 0 Å². The molecule has 2 amide bonds. The number of amides is 2. The highest BCUT2D eigenvalue weighted by Gasteiger charge is 2.34. The molecular formula is C15H18N2O4S. The molecule has 1 aromatic rings. The summed E-state index contributed by atoms with van der Waals surface area (Å²) in [7, 11) is 0. The lowest BCUT2D eigenvalue weighted by Crippen LogP contribution is -2.43. The van der Waals surface area contributed by atoms with E-state index in [9.17, 15) is 14.4 Å². The van der Waals surface area contributed by atoms with Crippen LogP contribution in [0.15, 0.2) is 24.3 Å². The Labute approximate surface area is 132 Å². The maximum atomic E-state index is 12.1. The monoisotopic (exact) mass is 322 g/mol. The van der Waals surface area contributed by atoms with Gasteiger partial charge in [0.2, 0.25) is 0 Å². The number of carboxylic acid groups (broad SMARTS) is 1. The summed E-state index contributed by atoms with van der Waals surface area (Å²) in [5, 5.41) is 12.0. The predicted octanol–water partition coefficient (Wildman–Crippen LogP) is 1.08. The summed E-state index contributed by atoms with van der Waals surface area (Å²) in [4.78, 5) is 36.6. The van der Waals surface area contributed by atoms with Crippen molar-refractivity contribution < 1.29 is 19.5 Å². The van der Waals surface area contributed by atoms with Crippen LogP contribution < -0.4 is 5.32 Å². The lowest BCUT2D eigenvalue weighted by Gasteiger charge is -2.17. The van der Waals surface area contributed by atoms with E-state index in [1.54, 1.807) is 36.0 Å². The Balaban J connectivity index is 1.91. The molecule has 2 N–H and O–H groups in total. The lowest BCUT2D eigenvalue weighted by molar-refractivity contribution is -0.139. The molecule has 0 aliphatic carbocycles.